The van der Waals surface area contributed by atoms with E-state index in [2.05, 4.69) is 22.1 Å². The van der Waals surface area contributed by atoms with Crippen molar-refractivity contribution in [2.45, 2.75) is 63.9 Å². The first-order valence-electron chi connectivity index (χ1n) is 11.6. The van der Waals surface area contributed by atoms with Gasteiger partial charge in [0.25, 0.3) is 0 Å². The number of ether oxygens (including phenoxy) is 2. The number of carbonyl (C=O) groups is 1. The molecule has 0 aromatic rings. The first kappa shape index (κ1) is 25.6. The third-order valence-electron chi connectivity index (χ3n) is 6.62. The Labute approximate surface area is 199 Å². The van der Waals surface area contributed by atoms with E-state index < -0.39 is 0 Å². The van der Waals surface area contributed by atoms with Crippen molar-refractivity contribution in [1.29, 1.82) is 0 Å². The van der Waals surface area contributed by atoms with Crippen molar-refractivity contribution in [2.24, 2.45) is 10.9 Å². The molecule has 8 heteroatoms. The molecule has 3 fully saturated rings. The van der Waals surface area contributed by atoms with Crippen molar-refractivity contribution < 1.29 is 14.3 Å². The number of morpholine rings is 1. The number of nitrogens with one attached hydrogen (secondary N) is 1. The van der Waals surface area contributed by atoms with Crippen LogP contribution in [0.3, 0.4) is 0 Å². The summed E-state index contributed by atoms with van der Waals surface area (Å²) in [7, 11) is 1.85. The number of aliphatic imine (C=N–C) groups is 1. The number of rotatable bonds is 6. The van der Waals surface area contributed by atoms with E-state index in [0.717, 1.165) is 77.4 Å². The highest BCUT2D eigenvalue weighted by atomic mass is 127. The standard InChI is InChI=1S/C22H40N4O3.HI/c1-3-15-29-22(9-5-4-6-10-22)18-24-21(23-2)26-11-7-19(8-12-26)20(27)25-13-16-28-17-14-25;/h19H,3-18H2,1-2H3,(H,23,24);1H. The molecule has 3 aliphatic rings. The summed E-state index contributed by atoms with van der Waals surface area (Å²) in [6.07, 6.45) is 8.93. The largest absolute Gasteiger partial charge is 0.378 e. The molecule has 2 aliphatic heterocycles. The van der Waals surface area contributed by atoms with Crippen LogP contribution in [0.4, 0.5) is 0 Å². The Morgan fingerprint density at radius 3 is 2.37 bits per heavy atom. The minimum Gasteiger partial charge on any atom is -0.378 e. The molecule has 0 aromatic heterocycles. The predicted molar refractivity (Wildman–Crippen MR) is 131 cm³/mol. The van der Waals surface area contributed by atoms with E-state index in [1.807, 2.05) is 11.9 Å². The second-order valence-corrected chi connectivity index (χ2v) is 8.69. The van der Waals surface area contributed by atoms with E-state index >= 15 is 0 Å². The SMILES string of the molecule is CCCOC1(CNC(=NC)N2CCC(C(=O)N3CCOCC3)CC2)CCCCC1.I. The van der Waals surface area contributed by atoms with Crippen LogP contribution >= 0.6 is 24.0 Å². The highest BCUT2D eigenvalue weighted by Crippen LogP contribution is 2.31. The highest BCUT2D eigenvalue weighted by Gasteiger charge is 2.34. The highest BCUT2D eigenvalue weighted by molar-refractivity contribution is 14.0. The Morgan fingerprint density at radius 1 is 1.10 bits per heavy atom. The number of likely N-dealkylation sites (tertiary alicyclic amines) is 1. The number of nitrogens with zero attached hydrogens (tertiary/aromatic N) is 3. The van der Waals surface area contributed by atoms with Crippen LogP contribution in [0.2, 0.25) is 0 Å². The number of hydrogen-bond acceptors (Lipinski definition) is 4. The molecule has 0 aromatic carbocycles. The zero-order chi connectivity index (χ0) is 20.5. The van der Waals surface area contributed by atoms with Crippen LogP contribution < -0.4 is 5.32 Å². The van der Waals surface area contributed by atoms with Crippen molar-refractivity contribution in [2.75, 3.05) is 59.6 Å². The Morgan fingerprint density at radius 2 is 1.77 bits per heavy atom. The second kappa shape index (κ2) is 13.1. The molecule has 0 spiro atoms. The second-order valence-electron chi connectivity index (χ2n) is 8.69. The van der Waals surface area contributed by atoms with Crippen LogP contribution in [0.15, 0.2) is 4.99 Å². The van der Waals surface area contributed by atoms with Crippen molar-refractivity contribution in [3.05, 3.63) is 0 Å². The zero-order valence-electron chi connectivity index (χ0n) is 18.9. The first-order chi connectivity index (χ1) is 14.2. The van der Waals surface area contributed by atoms with Crippen LogP contribution in [0.25, 0.3) is 0 Å². The maximum absolute atomic E-state index is 12.8. The molecule has 1 amide bonds. The van der Waals surface area contributed by atoms with Crippen molar-refractivity contribution in [3.63, 3.8) is 0 Å². The molecule has 3 rings (SSSR count). The van der Waals surface area contributed by atoms with Gasteiger partial charge in [-0.1, -0.05) is 26.2 Å². The van der Waals surface area contributed by atoms with Crippen LogP contribution in [-0.2, 0) is 14.3 Å². The maximum Gasteiger partial charge on any atom is 0.225 e. The van der Waals surface area contributed by atoms with Gasteiger partial charge in [0.15, 0.2) is 5.96 Å². The molecule has 0 radical (unpaired) electrons. The van der Waals surface area contributed by atoms with Crippen LogP contribution in [0, 0.1) is 5.92 Å². The minimum atomic E-state index is -0.0468. The van der Waals surface area contributed by atoms with E-state index in [0.29, 0.717) is 19.1 Å². The lowest BCUT2D eigenvalue weighted by atomic mass is 9.84. The molecule has 174 valence electrons. The number of amides is 1. The molecule has 0 bridgehead atoms. The lowest BCUT2D eigenvalue weighted by Gasteiger charge is -2.40. The molecular weight excluding hydrogens is 495 g/mol. The first-order valence-corrected chi connectivity index (χ1v) is 11.6. The number of carbonyl (C=O) groups excluding carboxylic acids is 1. The number of piperidine rings is 1. The van der Waals surface area contributed by atoms with Gasteiger partial charge in [-0.3, -0.25) is 9.79 Å². The predicted octanol–water partition coefficient (Wildman–Crippen LogP) is 2.88. The van der Waals surface area contributed by atoms with Gasteiger partial charge in [0.1, 0.15) is 0 Å². The Balaban J connectivity index is 0.00000320. The van der Waals surface area contributed by atoms with Gasteiger partial charge >= 0.3 is 0 Å². The normalized spacial score (nSPS) is 23.1. The third-order valence-corrected chi connectivity index (χ3v) is 6.62. The monoisotopic (exact) mass is 536 g/mol. The average Bonchev–Trinajstić information content (AvgIpc) is 2.79. The fourth-order valence-corrected chi connectivity index (χ4v) is 4.84. The van der Waals surface area contributed by atoms with E-state index in [-0.39, 0.29) is 35.5 Å². The summed E-state index contributed by atoms with van der Waals surface area (Å²) in [6, 6.07) is 0. The average molecular weight is 536 g/mol. The van der Waals surface area contributed by atoms with Gasteiger partial charge < -0.3 is 24.6 Å². The van der Waals surface area contributed by atoms with Crippen LogP contribution in [0.5, 0.6) is 0 Å². The van der Waals surface area contributed by atoms with E-state index in [9.17, 15) is 4.79 Å². The van der Waals surface area contributed by atoms with Gasteiger partial charge in [-0.25, -0.2) is 0 Å². The maximum atomic E-state index is 12.8. The summed E-state index contributed by atoms with van der Waals surface area (Å²) in [5.41, 5.74) is -0.0468. The summed E-state index contributed by atoms with van der Waals surface area (Å²) in [5.74, 6) is 1.40. The van der Waals surface area contributed by atoms with Gasteiger partial charge in [-0.05, 0) is 32.1 Å². The Hall–Kier alpha value is -0.610. The molecule has 30 heavy (non-hydrogen) atoms. The quantitative estimate of drug-likeness (QED) is 0.322. The van der Waals surface area contributed by atoms with Crippen LogP contribution in [-0.4, -0.2) is 86.9 Å². The summed E-state index contributed by atoms with van der Waals surface area (Å²) in [4.78, 5) is 21.6. The molecule has 7 nitrogen and oxygen atoms in total. The Kier molecular flexibility index (Phi) is 11.2. The van der Waals surface area contributed by atoms with Crippen molar-refractivity contribution in [3.8, 4) is 0 Å². The Bertz CT molecular complexity index is 541. The number of guanidine groups is 1. The topological polar surface area (TPSA) is 66.4 Å². The summed E-state index contributed by atoms with van der Waals surface area (Å²) < 4.78 is 11.7. The van der Waals surface area contributed by atoms with Gasteiger partial charge in [0, 0.05) is 52.3 Å². The van der Waals surface area contributed by atoms with Gasteiger partial charge in [0.05, 0.1) is 18.8 Å². The van der Waals surface area contributed by atoms with E-state index in [1.165, 1.54) is 19.3 Å². The smallest absolute Gasteiger partial charge is 0.225 e. The van der Waals surface area contributed by atoms with E-state index in [1.54, 1.807) is 0 Å². The van der Waals surface area contributed by atoms with E-state index in [4.69, 9.17) is 9.47 Å². The lowest BCUT2D eigenvalue weighted by Crippen LogP contribution is -2.53. The van der Waals surface area contributed by atoms with Crippen molar-refractivity contribution >= 4 is 35.8 Å². The molecule has 0 unspecified atom stereocenters. The summed E-state index contributed by atoms with van der Waals surface area (Å²) in [6.45, 7) is 8.40. The van der Waals surface area contributed by atoms with Gasteiger partial charge in [0.2, 0.25) is 5.91 Å². The third kappa shape index (κ3) is 6.95. The molecule has 1 N–H and O–H groups in total. The fraction of sp³-hybridized carbons (Fsp3) is 0.909. The van der Waals surface area contributed by atoms with Crippen molar-refractivity contribution in [1.82, 2.24) is 15.1 Å². The molecular formula is C22H41IN4O3. The molecule has 0 atom stereocenters. The number of halogens is 1. The van der Waals surface area contributed by atoms with Gasteiger partial charge in [-0.15, -0.1) is 24.0 Å². The van der Waals surface area contributed by atoms with Crippen LogP contribution in [0.1, 0.15) is 58.3 Å². The zero-order valence-corrected chi connectivity index (χ0v) is 21.2. The molecule has 1 saturated carbocycles. The molecule has 2 heterocycles. The summed E-state index contributed by atoms with van der Waals surface area (Å²) >= 11 is 0. The molecule has 2 saturated heterocycles. The number of hydrogen-bond donors (Lipinski definition) is 1. The fourth-order valence-electron chi connectivity index (χ4n) is 4.84. The minimum absolute atomic E-state index is 0. The molecule has 1 aliphatic carbocycles. The summed E-state index contributed by atoms with van der Waals surface area (Å²) in [5, 5.41) is 3.61. The lowest BCUT2D eigenvalue weighted by molar-refractivity contribution is -0.140. The van der Waals surface area contributed by atoms with Gasteiger partial charge in [-0.2, -0.15) is 0 Å².